The molecule has 0 saturated carbocycles. The van der Waals surface area contributed by atoms with Crippen molar-refractivity contribution in [2.45, 2.75) is 12.8 Å². The van der Waals surface area contributed by atoms with E-state index in [9.17, 15) is 4.79 Å². The van der Waals surface area contributed by atoms with Gasteiger partial charge < -0.3 is 0 Å². The van der Waals surface area contributed by atoms with Gasteiger partial charge in [-0.05, 0) is 12.0 Å². The Labute approximate surface area is 109 Å². The maximum atomic E-state index is 12.2. The molecular weight excluding hydrogens is 242 g/mol. The van der Waals surface area contributed by atoms with E-state index >= 15 is 0 Å². The van der Waals surface area contributed by atoms with Crippen LogP contribution in [-0.4, -0.2) is 30.2 Å². The molecule has 96 valence electrons. The van der Waals surface area contributed by atoms with Crippen molar-refractivity contribution in [1.82, 2.24) is 24.4 Å². The molecule has 3 heterocycles. The monoisotopic (exact) mass is 255 g/mol. The molecule has 0 amide bonds. The number of aromatic nitrogens is 5. The largest absolute Gasteiger partial charge is 0.294 e. The minimum Gasteiger partial charge on any atom is -0.294 e. The summed E-state index contributed by atoms with van der Waals surface area (Å²) in [4.78, 5) is 16.2. The van der Waals surface area contributed by atoms with Crippen LogP contribution in [0.4, 0.5) is 0 Å². The first-order valence-corrected chi connectivity index (χ1v) is 6.02. The summed E-state index contributed by atoms with van der Waals surface area (Å²) in [7, 11) is 1.86. The van der Waals surface area contributed by atoms with Gasteiger partial charge in [0.15, 0.2) is 5.78 Å². The highest BCUT2D eigenvalue weighted by Gasteiger charge is 2.12. The van der Waals surface area contributed by atoms with Crippen LogP contribution >= 0.6 is 0 Å². The minimum atomic E-state index is 0.0758. The number of ketones is 1. The lowest BCUT2D eigenvalue weighted by Gasteiger charge is -1.98. The molecule has 0 aromatic carbocycles. The van der Waals surface area contributed by atoms with Gasteiger partial charge in [0.1, 0.15) is 0 Å². The molecule has 0 bridgehead atoms. The molecule has 0 atom stereocenters. The molecule has 3 aromatic rings. The Kier molecular flexibility index (Phi) is 2.83. The molecule has 3 rings (SSSR count). The van der Waals surface area contributed by atoms with Crippen LogP contribution in [0.1, 0.15) is 22.3 Å². The fourth-order valence-electron chi connectivity index (χ4n) is 2.04. The average molecular weight is 255 g/mol. The van der Waals surface area contributed by atoms with Crippen LogP contribution in [0.5, 0.6) is 0 Å². The van der Waals surface area contributed by atoms with Gasteiger partial charge in [-0.3, -0.25) is 14.5 Å². The molecule has 0 radical (unpaired) electrons. The summed E-state index contributed by atoms with van der Waals surface area (Å²) < 4.78 is 3.39. The third-order valence-corrected chi connectivity index (χ3v) is 3.02. The number of carbonyl (C=O) groups is 1. The Morgan fingerprint density at radius 3 is 2.95 bits per heavy atom. The van der Waals surface area contributed by atoms with Crippen LogP contribution in [0.25, 0.3) is 5.52 Å². The number of carbonyl (C=O) groups excluding carboxylic acids is 1. The Morgan fingerprint density at radius 2 is 2.16 bits per heavy atom. The van der Waals surface area contributed by atoms with Crippen molar-refractivity contribution in [1.29, 1.82) is 0 Å². The second kappa shape index (κ2) is 4.64. The summed E-state index contributed by atoms with van der Waals surface area (Å²) in [6.45, 7) is 0. The van der Waals surface area contributed by atoms with Gasteiger partial charge >= 0.3 is 0 Å². The van der Waals surface area contributed by atoms with Crippen LogP contribution in [0.2, 0.25) is 0 Å². The van der Waals surface area contributed by atoms with E-state index in [4.69, 9.17) is 0 Å². The smallest absolute Gasteiger partial charge is 0.167 e. The summed E-state index contributed by atoms with van der Waals surface area (Å²) >= 11 is 0. The Bertz CT molecular complexity index is 727. The van der Waals surface area contributed by atoms with Crippen LogP contribution in [0.15, 0.2) is 37.2 Å². The van der Waals surface area contributed by atoms with Crippen LogP contribution in [-0.2, 0) is 13.5 Å². The molecule has 0 unspecified atom stereocenters. The van der Waals surface area contributed by atoms with E-state index in [1.54, 1.807) is 40.2 Å². The van der Waals surface area contributed by atoms with Crippen molar-refractivity contribution in [3.05, 3.63) is 48.3 Å². The zero-order chi connectivity index (χ0) is 13.2. The number of hydrogen-bond acceptors (Lipinski definition) is 4. The van der Waals surface area contributed by atoms with E-state index in [1.165, 1.54) is 0 Å². The molecule has 19 heavy (non-hydrogen) atoms. The number of fused-ring (bicyclic) bond motifs is 1. The van der Waals surface area contributed by atoms with Crippen molar-refractivity contribution >= 4 is 11.3 Å². The van der Waals surface area contributed by atoms with Gasteiger partial charge in [-0.15, -0.1) is 0 Å². The van der Waals surface area contributed by atoms with E-state index in [-0.39, 0.29) is 5.78 Å². The molecule has 0 aliphatic carbocycles. The SMILES string of the molecule is Cn1cc(CCC(=O)c2cnn3ccncc23)cn1. The lowest BCUT2D eigenvalue weighted by Crippen LogP contribution is -2.00. The Balaban J connectivity index is 1.77. The minimum absolute atomic E-state index is 0.0758. The first-order valence-electron chi connectivity index (χ1n) is 6.02. The molecule has 3 aromatic heterocycles. The molecule has 0 N–H and O–H groups in total. The summed E-state index contributed by atoms with van der Waals surface area (Å²) in [6, 6.07) is 0. The quantitative estimate of drug-likeness (QED) is 0.659. The summed E-state index contributed by atoms with van der Waals surface area (Å²) in [5.74, 6) is 0.0758. The highest BCUT2D eigenvalue weighted by atomic mass is 16.1. The van der Waals surface area contributed by atoms with Crippen LogP contribution in [0, 0.1) is 0 Å². The highest BCUT2D eigenvalue weighted by molar-refractivity contribution is 6.02. The average Bonchev–Trinajstić information content (AvgIpc) is 3.02. The molecule has 0 spiro atoms. The third-order valence-electron chi connectivity index (χ3n) is 3.02. The van der Waals surface area contributed by atoms with E-state index < -0.39 is 0 Å². The molecule has 6 heteroatoms. The van der Waals surface area contributed by atoms with Crippen molar-refractivity contribution in [2.75, 3.05) is 0 Å². The van der Waals surface area contributed by atoms with E-state index in [1.807, 2.05) is 13.2 Å². The summed E-state index contributed by atoms with van der Waals surface area (Å²) in [5.41, 5.74) is 2.43. The lowest BCUT2D eigenvalue weighted by molar-refractivity contribution is 0.0984. The standard InChI is InChI=1S/C13H13N5O/c1-17-9-10(6-15-17)2-3-13(19)11-7-16-18-5-4-14-8-12(11)18/h4-9H,2-3H2,1H3. The van der Waals surface area contributed by atoms with Crippen molar-refractivity contribution < 1.29 is 4.79 Å². The second-order valence-corrected chi connectivity index (χ2v) is 4.41. The van der Waals surface area contributed by atoms with Gasteiger partial charge in [0.25, 0.3) is 0 Å². The van der Waals surface area contributed by atoms with Crippen molar-refractivity contribution in [3.8, 4) is 0 Å². The third kappa shape index (κ3) is 2.24. The van der Waals surface area contributed by atoms with Gasteiger partial charge in [0, 0.05) is 32.1 Å². The van der Waals surface area contributed by atoms with E-state index in [2.05, 4.69) is 15.2 Å². The number of rotatable bonds is 4. The number of aryl methyl sites for hydroxylation is 2. The maximum Gasteiger partial charge on any atom is 0.167 e. The lowest BCUT2D eigenvalue weighted by atomic mass is 10.1. The molecule has 0 fully saturated rings. The van der Waals surface area contributed by atoms with Crippen molar-refractivity contribution in [3.63, 3.8) is 0 Å². The first-order chi connectivity index (χ1) is 9.24. The summed E-state index contributed by atoms with van der Waals surface area (Å²) in [5, 5.41) is 8.22. The zero-order valence-corrected chi connectivity index (χ0v) is 10.5. The number of hydrogen-bond donors (Lipinski definition) is 0. The van der Waals surface area contributed by atoms with Gasteiger partial charge in [-0.25, -0.2) is 4.52 Å². The topological polar surface area (TPSA) is 65.1 Å². The van der Waals surface area contributed by atoms with Gasteiger partial charge in [-0.2, -0.15) is 10.2 Å². The van der Waals surface area contributed by atoms with E-state index in [0.29, 0.717) is 18.4 Å². The van der Waals surface area contributed by atoms with Gasteiger partial charge in [-0.1, -0.05) is 0 Å². The second-order valence-electron chi connectivity index (χ2n) is 4.41. The predicted molar refractivity (Wildman–Crippen MR) is 68.8 cm³/mol. The molecule has 0 saturated heterocycles. The van der Waals surface area contributed by atoms with Crippen LogP contribution in [0.3, 0.4) is 0 Å². The number of Topliss-reactive ketones (excluding diaryl/α,β-unsaturated/α-hetero) is 1. The van der Waals surface area contributed by atoms with Crippen LogP contribution < -0.4 is 0 Å². The normalized spacial score (nSPS) is 11.0. The molecular formula is C13H13N5O. The van der Waals surface area contributed by atoms with Gasteiger partial charge in [0.05, 0.1) is 29.7 Å². The fraction of sp³-hybridized carbons (Fsp3) is 0.231. The zero-order valence-electron chi connectivity index (χ0n) is 10.5. The maximum absolute atomic E-state index is 12.2. The molecule has 0 aliphatic heterocycles. The Morgan fingerprint density at radius 1 is 1.26 bits per heavy atom. The fourth-order valence-corrected chi connectivity index (χ4v) is 2.04. The molecule has 0 aliphatic rings. The number of nitrogens with zero attached hydrogens (tertiary/aromatic N) is 5. The molecule has 6 nitrogen and oxygen atoms in total. The van der Waals surface area contributed by atoms with Gasteiger partial charge in [0.2, 0.25) is 0 Å². The first kappa shape index (κ1) is 11.6. The van der Waals surface area contributed by atoms with Crippen molar-refractivity contribution in [2.24, 2.45) is 7.05 Å². The summed E-state index contributed by atoms with van der Waals surface area (Å²) in [6.07, 6.45) is 11.5. The Hall–Kier alpha value is -2.50. The predicted octanol–water partition coefficient (Wildman–Crippen LogP) is 1.28. The highest BCUT2D eigenvalue weighted by Crippen LogP contribution is 2.13. The van der Waals surface area contributed by atoms with E-state index in [0.717, 1.165) is 11.1 Å².